The van der Waals surface area contributed by atoms with Crippen molar-refractivity contribution in [1.82, 2.24) is 5.43 Å². The van der Waals surface area contributed by atoms with E-state index >= 15 is 0 Å². The summed E-state index contributed by atoms with van der Waals surface area (Å²) >= 11 is 5.16. The van der Waals surface area contributed by atoms with Crippen molar-refractivity contribution in [3.63, 3.8) is 0 Å². The quantitative estimate of drug-likeness (QED) is 0.510. The molecule has 0 atom stereocenters. The minimum atomic E-state index is 0.470. The lowest BCUT2D eigenvalue weighted by molar-refractivity contribution is 1.05. The van der Waals surface area contributed by atoms with Crippen molar-refractivity contribution in [3.05, 3.63) is 65.7 Å². The predicted molar refractivity (Wildman–Crippen MR) is 84.6 cm³/mol. The Morgan fingerprint density at radius 1 is 1.11 bits per heavy atom. The molecule has 0 unspecified atom stereocenters. The molecule has 0 saturated heterocycles. The highest BCUT2D eigenvalue weighted by Crippen LogP contribution is 2.08. The lowest BCUT2D eigenvalue weighted by Crippen LogP contribution is -2.23. The molecule has 0 aliphatic heterocycles. The van der Waals surface area contributed by atoms with E-state index in [2.05, 4.69) is 15.8 Å². The van der Waals surface area contributed by atoms with Crippen LogP contribution < -0.4 is 10.7 Å². The normalized spacial score (nSPS) is 10.4. The van der Waals surface area contributed by atoms with Gasteiger partial charge in [-0.2, -0.15) is 5.10 Å². The molecule has 19 heavy (non-hydrogen) atoms. The number of anilines is 1. The SMILES string of the molecule is Cc1cccc(NC(=S)N/N=C\c2ccccc2)c1. The Bertz CT molecular complexity index is 579. The monoisotopic (exact) mass is 269 g/mol. The summed E-state index contributed by atoms with van der Waals surface area (Å²) in [6, 6.07) is 17.8. The second kappa shape index (κ2) is 6.66. The summed E-state index contributed by atoms with van der Waals surface area (Å²) in [5, 5.41) is 7.63. The van der Waals surface area contributed by atoms with Crippen LogP contribution in [0.2, 0.25) is 0 Å². The zero-order valence-corrected chi connectivity index (χ0v) is 11.4. The molecule has 3 nitrogen and oxygen atoms in total. The Labute approximate surface area is 118 Å². The van der Waals surface area contributed by atoms with Gasteiger partial charge in [0.05, 0.1) is 6.21 Å². The van der Waals surface area contributed by atoms with Crippen LogP contribution in [0.4, 0.5) is 5.69 Å². The highest BCUT2D eigenvalue weighted by molar-refractivity contribution is 7.80. The van der Waals surface area contributed by atoms with Gasteiger partial charge < -0.3 is 5.32 Å². The van der Waals surface area contributed by atoms with Gasteiger partial charge in [0.25, 0.3) is 0 Å². The summed E-state index contributed by atoms with van der Waals surface area (Å²) in [5.74, 6) is 0. The van der Waals surface area contributed by atoms with E-state index in [9.17, 15) is 0 Å². The van der Waals surface area contributed by atoms with Crippen LogP contribution in [0.25, 0.3) is 0 Å². The number of hydrogen-bond acceptors (Lipinski definition) is 2. The Hall–Kier alpha value is -2.20. The molecular formula is C15H15N3S. The number of hydrogen-bond donors (Lipinski definition) is 2. The lowest BCUT2D eigenvalue weighted by atomic mass is 10.2. The van der Waals surface area contributed by atoms with Crippen molar-refractivity contribution in [3.8, 4) is 0 Å². The van der Waals surface area contributed by atoms with E-state index in [1.165, 1.54) is 5.56 Å². The van der Waals surface area contributed by atoms with Gasteiger partial charge in [0.15, 0.2) is 5.11 Å². The Balaban J connectivity index is 1.87. The molecule has 0 heterocycles. The van der Waals surface area contributed by atoms with Crippen LogP contribution in [-0.2, 0) is 0 Å². The van der Waals surface area contributed by atoms with E-state index < -0.39 is 0 Å². The first kappa shape index (κ1) is 13.2. The van der Waals surface area contributed by atoms with E-state index in [4.69, 9.17) is 12.2 Å². The van der Waals surface area contributed by atoms with Crippen LogP contribution in [0.5, 0.6) is 0 Å². The standard InChI is InChI=1S/C15H15N3S/c1-12-6-5-9-14(10-12)17-15(19)18-16-11-13-7-3-2-4-8-13/h2-11H,1H3,(H2,17,18,19)/b16-11-. The van der Waals surface area contributed by atoms with Crippen LogP contribution in [0.15, 0.2) is 59.7 Å². The molecule has 4 heteroatoms. The van der Waals surface area contributed by atoms with Crippen molar-refractivity contribution < 1.29 is 0 Å². The summed E-state index contributed by atoms with van der Waals surface area (Å²) in [6.07, 6.45) is 1.73. The third-order valence-electron chi connectivity index (χ3n) is 2.46. The van der Waals surface area contributed by atoms with Crippen molar-refractivity contribution in [2.75, 3.05) is 5.32 Å². The van der Waals surface area contributed by atoms with Crippen LogP contribution in [-0.4, -0.2) is 11.3 Å². The second-order valence-electron chi connectivity index (χ2n) is 4.10. The average molecular weight is 269 g/mol. The Morgan fingerprint density at radius 3 is 2.63 bits per heavy atom. The van der Waals surface area contributed by atoms with Gasteiger partial charge in [-0.1, -0.05) is 42.5 Å². The molecule has 0 bridgehead atoms. The molecule has 0 saturated carbocycles. The van der Waals surface area contributed by atoms with Gasteiger partial charge in [-0.3, -0.25) is 5.43 Å². The molecule has 2 aromatic rings. The highest BCUT2D eigenvalue weighted by atomic mass is 32.1. The molecule has 0 fully saturated rings. The lowest BCUT2D eigenvalue weighted by Gasteiger charge is -2.07. The van der Waals surface area contributed by atoms with Gasteiger partial charge >= 0.3 is 0 Å². The number of hydrazone groups is 1. The first-order valence-electron chi connectivity index (χ1n) is 5.96. The molecule has 2 rings (SSSR count). The zero-order valence-electron chi connectivity index (χ0n) is 10.6. The van der Waals surface area contributed by atoms with Crippen molar-refractivity contribution in [2.24, 2.45) is 5.10 Å². The molecule has 2 N–H and O–H groups in total. The van der Waals surface area contributed by atoms with Gasteiger partial charge in [-0.05, 0) is 42.4 Å². The zero-order chi connectivity index (χ0) is 13.5. The van der Waals surface area contributed by atoms with Gasteiger partial charge in [-0.25, -0.2) is 0 Å². The Kier molecular flexibility index (Phi) is 4.64. The van der Waals surface area contributed by atoms with Crippen LogP contribution in [0.3, 0.4) is 0 Å². The van der Waals surface area contributed by atoms with Crippen LogP contribution in [0.1, 0.15) is 11.1 Å². The van der Waals surface area contributed by atoms with Gasteiger partial charge in [-0.15, -0.1) is 0 Å². The van der Waals surface area contributed by atoms with E-state index in [1.54, 1.807) is 6.21 Å². The number of rotatable bonds is 3. The van der Waals surface area contributed by atoms with E-state index in [1.807, 2.05) is 61.5 Å². The van der Waals surface area contributed by atoms with Gasteiger partial charge in [0, 0.05) is 5.69 Å². The molecule has 96 valence electrons. The fraction of sp³-hybridized carbons (Fsp3) is 0.0667. The predicted octanol–water partition coefficient (Wildman–Crippen LogP) is 3.32. The fourth-order valence-electron chi connectivity index (χ4n) is 1.59. The summed E-state index contributed by atoms with van der Waals surface area (Å²) in [5.41, 5.74) is 5.94. The van der Waals surface area contributed by atoms with Crippen molar-refractivity contribution in [1.29, 1.82) is 0 Å². The number of aryl methyl sites for hydroxylation is 1. The van der Waals surface area contributed by atoms with Crippen molar-refractivity contribution in [2.45, 2.75) is 6.92 Å². The number of thiocarbonyl (C=S) groups is 1. The third kappa shape index (κ3) is 4.52. The van der Waals surface area contributed by atoms with Crippen LogP contribution in [0, 0.1) is 6.92 Å². The van der Waals surface area contributed by atoms with E-state index in [0.717, 1.165) is 11.3 Å². The molecule has 0 amide bonds. The largest absolute Gasteiger partial charge is 0.331 e. The van der Waals surface area contributed by atoms with Gasteiger partial charge in [0.1, 0.15) is 0 Å². The maximum absolute atomic E-state index is 5.16. The number of benzene rings is 2. The Morgan fingerprint density at radius 2 is 1.89 bits per heavy atom. The molecule has 0 aromatic heterocycles. The summed E-state index contributed by atoms with van der Waals surface area (Å²) < 4.78 is 0. The maximum Gasteiger partial charge on any atom is 0.191 e. The van der Waals surface area contributed by atoms with Gasteiger partial charge in [0.2, 0.25) is 0 Å². The summed E-state index contributed by atoms with van der Waals surface area (Å²) in [7, 11) is 0. The van der Waals surface area contributed by atoms with Crippen molar-refractivity contribution >= 4 is 29.2 Å². The smallest absolute Gasteiger partial charge is 0.191 e. The topological polar surface area (TPSA) is 36.4 Å². The van der Waals surface area contributed by atoms with E-state index in [0.29, 0.717) is 5.11 Å². The minimum Gasteiger partial charge on any atom is -0.331 e. The minimum absolute atomic E-state index is 0.470. The third-order valence-corrected chi connectivity index (χ3v) is 2.65. The summed E-state index contributed by atoms with van der Waals surface area (Å²) in [6.45, 7) is 2.04. The fourth-order valence-corrected chi connectivity index (χ4v) is 1.76. The first-order chi connectivity index (χ1) is 9.24. The molecule has 0 aliphatic rings. The molecule has 0 aliphatic carbocycles. The molecule has 0 radical (unpaired) electrons. The second-order valence-corrected chi connectivity index (χ2v) is 4.51. The highest BCUT2D eigenvalue weighted by Gasteiger charge is 1.95. The molecule has 0 spiro atoms. The summed E-state index contributed by atoms with van der Waals surface area (Å²) in [4.78, 5) is 0. The van der Waals surface area contributed by atoms with E-state index in [-0.39, 0.29) is 0 Å². The van der Waals surface area contributed by atoms with Crippen LogP contribution >= 0.6 is 12.2 Å². The number of nitrogens with one attached hydrogen (secondary N) is 2. The molecule has 2 aromatic carbocycles. The average Bonchev–Trinajstić information content (AvgIpc) is 2.40. The first-order valence-corrected chi connectivity index (χ1v) is 6.36. The maximum atomic E-state index is 5.16. The molecular weight excluding hydrogens is 254 g/mol. The number of nitrogens with zero attached hydrogens (tertiary/aromatic N) is 1.